The van der Waals surface area contributed by atoms with Gasteiger partial charge in [0, 0.05) is 0 Å². The third kappa shape index (κ3) is 2.64. The number of benzene rings is 1. The first-order valence-electron chi connectivity index (χ1n) is 6.33. The van der Waals surface area contributed by atoms with Gasteiger partial charge in [0.05, 0.1) is 18.7 Å². The molecule has 1 aromatic rings. The van der Waals surface area contributed by atoms with E-state index >= 15 is 0 Å². The molecule has 1 unspecified atom stereocenters. The monoisotopic (exact) mass is 248 g/mol. The van der Waals surface area contributed by atoms with E-state index in [1.54, 1.807) is 7.11 Å². The van der Waals surface area contributed by atoms with Gasteiger partial charge in [0.1, 0.15) is 5.75 Å². The standard InChI is InChI=1S/C14H20N2O2/c1-3-12(16-13(17)14(15)8-9-14)10-4-6-11(18-2)7-5-10/h4-7,12H,3,8-9,15H2,1-2H3,(H,16,17). The lowest BCUT2D eigenvalue weighted by atomic mass is 10.0. The average molecular weight is 248 g/mol. The molecule has 0 spiro atoms. The third-order valence-electron chi connectivity index (χ3n) is 3.47. The van der Waals surface area contributed by atoms with Crippen molar-refractivity contribution in [1.82, 2.24) is 5.32 Å². The van der Waals surface area contributed by atoms with Crippen LogP contribution >= 0.6 is 0 Å². The van der Waals surface area contributed by atoms with Crippen molar-refractivity contribution in [3.8, 4) is 5.75 Å². The normalized spacial score (nSPS) is 17.9. The molecule has 1 amide bonds. The molecule has 0 aromatic heterocycles. The van der Waals surface area contributed by atoms with E-state index in [1.807, 2.05) is 31.2 Å². The van der Waals surface area contributed by atoms with Crippen LogP contribution in [0.2, 0.25) is 0 Å². The van der Waals surface area contributed by atoms with E-state index < -0.39 is 5.54 Å². The predicted octanol–water partition coefficient (Wildman–Crippen LogP) is 1.75. The fourth-order valence-corrected chi connectivity index (χ4v) is 1.92. The number of nitrogens with one attached hydrogen (secondary N) is 1. The molecule has 0 saturated heterocycles. The zero-order chi connectivity index (χ0) is 13.2. The number of hydrogen-bond acceptors (Lipinski definition) is 3. The molecule has 1 aromatic carbocycles. The van der Waals surface area contributed by atoms with Gasteiger partial charge in [0.25, 0.3) is 0 Å². The highest BCUT2D eigenvalue weighted by Crippen LogP contribution is 2.33. The Morgan fingerprint density at radius 1 is 1.44 bits per heavy atom. The number of amides is 1. The van der Waals surface area contributed by atoms with E-state index in [-0.39, 0.29) is 11.9 Å². The topological polar surface area (TPSA) is 64.4 Å². The van der Waals surface area contributed by atoms with E-state index in [0.29, 0.717) is 0 Å². The minimum Gasteiger partial charge on any atom is -0.497 e. The molecular weight excluding hydrogens is 228 g/mol. The Morgan fingerprint density at radius 3 is 2.50 bits per heavy atom. The summed E-state index contributed by atoms with van der Waals surface area (Å²) < 4.78 is 5.12. The van der Waals surface area contributed by atoms with Crippen LogP contribution in [0.25, 0.3) is 0 Å². The van der Waals surface area contributed by atoms with Gasteiger partial charge >= 0.3 is 0 Å². The zero-order valence-electron chi connectivity index (χ0n) is 10.9. The van der Waals surface area contributed by atoms with E-state index in [2.05, 4.69) is 5.32 Å². The first kappa shape index (κ1) is 12.9. The van der Waals surface area contributed by atoms with Gasteiger partial charge in [-0.2, -0.15) is 0 Å². The summed E-state index contributed by atoms with van der Waals surface area (Å²) in [4.78, 5) is 11.9. The molecule has 1 aliphatic carbocycles. The van der Waals surface area contributed by atoms with Gasteiger partial charge in [-0.25, -0.2) is 0 Å². The van der Waals surface area contributed by atoms with Crippen molar-refractivity contribution in [1.29, 1.82) is 0 Å². The largest absolute Gasteiger partial charge is 0.497 e. The fraction of sp³-hybridized carbons (Fsp3) is 0.500. The average Bonchev–Trinajstić information content (AvgIpc) is 3.15. The molecule has 2 rings (SSSR count). The van der Waals surface area contributed by atoms with Crippen LogP contribution in [0.4, 0.5) is 0 Å². The van der Waals surface area contributed by atoms with Gasteiger partial charge in [-0.15, -0.1) is 0 Å². The number of rotatable bonds is 5. The van der Waals surface area contributed by atoms with Crippen molar-refractivity contribution >= 4 is 5.91 Å². The van der Waals surface area contributed by atoms with Crippen molar-refractivity contribution in [3.63, 3.8) is 0 Å². The van der Waals surface area contributed by atoms with Crippen LogP contribution in [0.15, 0.2) is 24.3 Å². The van der Waals surface area contributed by atoms with Crippen LogP contribution < -0.4 is 15.8 Å². The number of carbonyl (C=O) groups excluding carboxylic acids is 1. The molecular formula is C14H20N2O2. The molecule has 4 nitrogen and oxygen atoms in total. The number of nitrogens with two attached hydrogens (primary N) is 1. The third-order valence-corrected chi connectivity index (χ3v) is 3.47. The second-order valence-electron chi connectivity index (χ2n) is 4.86. The zero-order valence-corrected chi connectivity index (χ0v) is 10.9. The Balaban J connectivity index is 2.05. The van der Waals surface area contributed by atoms with Gasteiger partial charge in [0.2, 0.25) is 5.91 Å². The van der Waals surface area contributed by atoms with Crippen molar-refractivity contribution in [2.75, 3.05) is 7.11 Å². The van der Waals surface area contributed by atoms with Crippen LogP contribution in [0.3, 0.4) is 0 Å². The minimum atomic E-state index is -0.611. The van der Waals surface area contributed by atoms with Crippen molar-refractivity contribution in [3.05, 3.63) is 29.8 Å². The van der Waals surface area contributed by atoms with Gasteiger partial charge in [-0.05, 0) is 37.0 Å². The molecule has 0 heterocycles. The lowest BCUT2D eigenvalue weighted by Gasteiger charge is -2.20. The van der Waals surface area contributed by atoms with E-state index in [1.165, 1.54) is 0 Å². The van der Waals surface area contributed by atoms with Crippen LogP contribution in [0.1, 0.15) is 37.8 Å². The Morgan fingerprint density at radius 2 is 2.06 bits per heavy atom. The number of ether oxygens (including phenoxy) is 1. The number of methoxy groups -OCH3 is 1. The Hall–Kier alpha value is -1.55. The Bertz CT molecular complexity index is 424. The van der Waals surface area contributed by atoms with Gasteiger partial charge in [0.15, 0.2) is 0 Å². The first-order valence-corrected chi connectivity index (χ1v) is 6.33. The Labute approximate surface area is 108 Å². The molecule has 1 aliphatic rings. The van der Waals surface area contributed by atoms with Crippen molar-refractivity contribution < 1.29 is 9.53 Å². The SMILES string of the molecule is CCC(NC(=O)C1(N)CC1)c1ccc(OC)cc1. The highest BCUT2D eigenvalue weighted by molar-refractivity contribution is 5.89. The van der Waals surface area contributed by atoms with E-state index in [9.17, 15) is 4.79 Å². The maximum absolute atomic E-state index is 11.9. The summed E-state index contributed by atoms with van der Waals surface area (Å²) in [6.07, 6.45) is 2.42. The molecule has 1 atom stereocenters. The maximum atomic E-state index is 11.9. The smallest absolute Gasteiger partial charge is 0.240 e. The van der Waals surface area contributed by atoms with Crippen LogP contribution in [-0.4, -0.2) is 18.6 Å². The second kappa shape index (κ2) is 4.98. The number of carbonyl (C=O) groups is 1. The lowest BCUT2D eigenvalue weighted by molar-refractivity contribution is -0.124. The first-order chi connectivity index (χ1) is 8.59. The summed E-state index contributed by atoms with van der Waals surface area (Å²) >= 11 is 0. The molecule has 1 fully saturated rings. The van der Waals surface area contributed by atoms with Gasteiger partial charge < -0.3 is 15.8 Å². The molecule has 0 radical (unpaired) electrons. The quantitative estimate of drug-likeness (QED) is 0.834. The van der Waals surface area contributed by atoms with Crippen LogP contribution in [0, 0.1) is 0 Å². The summed E-state index contributed by atoms with van der Waals surface area (Å²) in [5.41, 5.74) is 6.35. The van der Waals surface area contributed by atoms with Crippen molar-refractivity contribution in [2.24, 2.45) is 5.73 Å². The molecule has 98 valence electrons. The predicted molar refractivity (Wildman–Crippen MR) is 70.3 cm³/mol. The Kier molecular flexibility index (Phi) is 3.57. The van der Waals surface area contributed by atoms with Crippen LogP contribution in [0.5, 0.6) is 5.75 Å². The highest BCUT2D eigenvalue weighted by Gasteiger charge is 2.46. The molecule has 3 N–H and O–H groups in total. The van der Waals surface area contributed by atoms with Gasteiger partial charge in [-0.3, -0.25) is 4.79 Å². The maximum Gasteiger partial charge on any atom is 0.240 e. The molecule has 0 aliphatic heterocycles. The van der Waals surface area contributed by atoms with E-state index in [0.717, 1.165) is 30.6 Å². The summed E-state index contributed by atoms with van der Waals surface area (Å²) in [5, 5.41) is 3.02. The highest BCUT2D eigenvalue weighted by atomic mass is 16.5. The molecule has 0 bridgehead atoms. The summed E-state index contributed by atoms with van der Waals surface area (Å²) in [7, 11) is 1.64. The molecule has 1 saturated carbocycles. The van der Waals surface area contributed by atoms with Crippen molar-refractivity contribution in [2.45, 2.75) is 37.8 Å². The molecule has 4 heteroatoms. The van der Waals surface area contributed by atoms with E-state index in [4.69, 9.17) is 10.5 Å². The van der Waals surface area contributed by atoms with Gasteiger partial charge in [-0.1, -0.05) is 19.1 Å². The second-order valence-corrected chi connectivity index (χ2v) is 4.86. The number of hydrogen-bond donors (Lipinski definition) is 2. The molecule has 18 heavy (non-hydrogen) atoms. The fourth-order valence-electron chi connectivity index (χ4n) is 1.92. The summed E-state index contributed by atoms with van der Waals surface area (Å²) in [6.45, 7) is 2.05. The summed E-state index contributed by atoms with van der Waals surface area (Å²) in [5.74, 6) is 0.780. The summed E-state index contributed by atoms with van der Waals surface area (Å²) in [6, 6.07) is 7.77. The minimum absolute atomic E-state index is 0.0180. The lowest BCUT2D eigenvalue weighted by Crippen LogP contribution is -2.44. The van der Waals surface area contributed by atoms with Crippen LogP contribution in [-0.2, 0) is 4.79 Å².